The van der Waals surface area contributed by atoms with Gasteiger partial charge in [-0.2, -0.15) is 4.31 Å². The van der Waals surface area contributed by atoms with Crippen LogP contribution in [0.3, 0.4) is 0 Å². The van der Waals surface area contributed by atoms with Crippen molar-refractivity contribution in [3.63, 3.8) is 0 Å². The van der Waals surface area contributed by atoms with Gasteiger partial charge in [0.05, 0.1) is 15.1 Å². The van der Waals surface area contributed by atoms with Crippen molar-refractivity contribution in [2.24, 2.45) is 0 Å². The average molecular weight is 482 g/mol. The fraction of sp³-hybridized carbons (Fsp3) is 0.364. The molecular formula is C22H25F2N3O3S2. The van der Waals surface area contributed by atoms with Gasteiger partial charge in [-0.05, 0) is 43.2 Å². The van der Waals surface area contributed by atoms with E-state index in [4.69, 9.17) is 0 Å². The summed E-state index contributed by atoms with van der Waals surface area (Å²) >= 11 is 1.04. The molecule has 1 N–H and O–H groups in total. The summed E-state index contributed by atoms with van der Waals surface area (Å²) in [6.45, 7) is 4.93. The smallest absolute Gasteiger partial charge is 0.263 e. The highest BCUT2D eigenvalue weighted by atomic mass is 32.2. The quantitative estimate of drug-likeness (QED) is 0.419. The highest BCUT2D eigenvalue weighted by Gasteiger charge is 2.25. The van der Waals surface area contributed by atoms with Gasteiger partial charge in [0.2, 0.25) is 10.0 Å². The van der Waals surface area contributed by atoms with E-state index in [1.165, 1.54) is 22.5 Å². The molecule has 10 heteroatoms. The second-order valence-corrected chi connectivity index (χ2v) is 10.3. The maximum Gasteiger partial charge on any atom is 0.263 e. The molecule has 0 unspecified atom stereocenters. The molecule has 0 aliphatic rings. The Kier molecular flexibility index (Phi) is 7.91. The van der Waals surface area contributed by atoms with Gasteiger partial charge in [-0.3, -0.25) is 10.1 Å². The Morgan fingerprint density at radius 2 is 1.69 bits per heavy atom. The van der Waals surface area contributed by atoms with E-state index < -0.39 is 33.1 Å². The van der Waals surface area contributed by atoms with Crippen molar-refractivity contribution < 1.29 is 22.0 Å². The van der Waals surface area contributed by atoms with Gasteiger partial charge in [-0.15, -0.1) is 0 Å². The number of thiazole rings is 1. The minimum Gasteiger partial charge on any atom is -0.298 e. The van der Waals surface area contributed by atoms with E-state index in [0.29, 0.717) is 23.3 Å². The molecule has 1 aromatic heterocycles. The first-order chi connectivity index (χ1) is 15.3. The molecule has 0 aliphatic carbocycles. The summed E-state index contributed by atoms with van der Waals surface area (Å²) in [4.78, 5) is 16.7. The molecule has 0 spiro atoms. The van der Waals surface area contributed by atoms with Crippen molar-refractivity contribution in [2.75, 3.05) is 18.4 Å². The van der Waals surface area contributed by atoms with Crippen LogP contribution >= 0.6 is 11.3 Å². The number of fused-ring (bicyclic) bond motifs is 1. The van der Waals surface area contributed by atoms with Gasteiger partial charge in [0.1, 0.15) is 17.2 Å². The number of anilines is 1. The molecule has 1 heterocycles. The van der Waals surface area contributed by atoms with Gasteiger partial charge >= 0.3 is 0 Å². The van der Waals surface area contributed by atoms with E-state index in [0.717, 1.165) is 49.2 Å². The number of hydrogen-bond donors (Lipinski definition) is 1. The molecule has 0 saturated carbocycles. The number of nitrogens with zero attached hydrogens (tertiary/aromatic N) is 2. The Morgan fingerprint density at radius 1 is 1.06 bits per heavy atom. The number of carbonyl (C=O) groups is 1. The molecule has 2 aromatic carbocycles. The van der Waals surface area contributed by atoms with Crippen LogP contribution in [-0.2, 0) is 10.0 Å². The molecule has 0 fully saturated rings. The molecule has 0 atom stereocenters. The maximum atomic E-state index is 13.9. The van der Waals surface area contributed by atoms with E-state index in [1.807, 2.05) is 13.8 Å². The van der Waals surface area contributed by atoms with Crippen LogP contribution in [0.15, 0.2) is 41.3 Å². The fourth-order valence-corrected chi connectivity index (χ4v) is 5.68. The third kappa shape index (κ3) is 5.31. The Balaban J connectivity index is 1.87. The van der Waals surface area contributed by atoms with Crippen LogP contribution in [0, 0.1) is 11.6 Å². The molecule has 3 aromatic rings. The van der Waals surface area contributed by atoms with Gasteiger partial charge in [-0.1, -0.05) is 44.1 Å². The molecule has 1 amide bonds. The summed E-state index contributed by atoms with van der Waals surface area (Å²) in [5.74, 6) is -2.91. The van der Waals surface area contributed by atoms with Crippen LogP contribution in [0.5, 0.6) is 0 Å². The zero-order chi connectivity index (χ0) is 23.3. The molecule has 3 rings (SSSR count). The number of amides is 1. The highest BCUT2D eigenvalue weighted by Crippen LogP contribution is 2.30. The summed E-state index contributed by atoms with van der Waals surface area (Å²) in [5, 5.41) is 2.52. The molecule has 172 valence electrons. The summed E-state index contributed by atoms with van der Waals surface area (Å²) in [6, 6.07) is 7.74. The monoisotopic (exact) mass is 481 g/mol. The Labute approximate surface area is 190 Å². The van der Waals surface area contributed by atoms with Crippen LogP contribution in [-0.4, -0.2) is 36.7 Å². The van der Waals surface area contributed by atoms with Crippen LogP contribution < -0.4 is 5.32 Å². The number of aromatic nitrogens is 1. The minimum atomic E-state index is -3.68. The van der Waals surface area contributed by atoms with E-state index in [9.17, 15) is 22.0 Å². The molecule has 0 radical (unpaired) electrons. The van der Waals surface area contributed by atoms with E-state index in [1.54, 1.807) is 6.07 Å². The topological polar surface area (TPSA) is 79.4 Å². The number of unbranched alkanes of at least 4 members (excludes halogenated alkanes) is 2. The number of halogens is 2. The largest absolute Gasteiger partial charge is 0.298 e. The first-order valence-electron chi connectivity index (χ1n) is 10.4. The lowest BCUT2D eigenvalue weighted by atomic mass is 10.2. The lowest BCUT2D eigenvalue weighted by Gasteiger charge is -2.21. The second kappa shape index (κ2) is 10.5. The minimum absolute atomic E-state index is 0.121. The predicted octanol–water partition coefficient (Wildman–Crippen LogP) is 5.42. The summed E-state index contributed by atoms with van der Waals surface area (Å²) in [6.07, 6.45) is 3.32. The normalized spacial score (nSPS) is 11.9. The second-order valence-electron chi connectivity index (χ2n) is 7.31. The van der Waals surface area contributed by atoms with Gasteiger partial charge in [0, 0.05) is 13.1 Å². The molecule has 32 heavy (non-hydrogen) atoms. The van der Waals surface area contributed by atoms with Gasteiger partial charge in [-0.25, -0.2) is 22.2 Å². The Bertz CT molecular complexity index is 1180. The fourth-order valence-electron chi connectivity index (χ4n) is 3.16. The number of hydrogen-bond acceptors (Lipinski definition) is 5. The first-order valence-corrected chi connectivity index (χ1v) is 12.7. The number of rotatable bonds is 10. The SMILES string of the molecule is CCCCN(CCCC)S(=O)(=O)c1ccc2nc(NC(=O)c3c(F)cccc3F)sc2c1. The van der Waals surface area contributed by atoms with E-state index in [-0.39, 0.29) is 10.0 Å². The molecular weight excluding hydrogens is 456 g/mol. The number of benzene rings is 2. The van der Waals surface area contributed by atoms with Crippen molar-refractivity contribution in [3.05, 3.63) is 53.6 Å². The Hall–Kier alpha value is -2.43. The standard InChI is InChI=1S/C22H25F2N3O3S2/c1-3-5-12-27(13-6-4-2)32(29,30)15-10-11-18-19(14-15)31-22(25-18)26-21(28)20-16(23)8-7-9-17(20)24/h7-11,14H,3-6,12-13H2,1-2H3,(H,25,26,28). The highest BCUT2D eigenvalue weighted by molar-refractivity contribution is 7.89. The van der Waals surface area contributed by atoms with Crippen molar-refractivity contribution >= 4 is 42.6 Å². The molecule has 0 bridgehead atoms. The summed E-state index contributed by atoms with van der Waals surface area (Å²) in [5.41, 5.74) is -0.218. The summed E-state index contributed by atoms with van der Waals surface area (Å²) < 4.78 is 56.1. The Morgan fingerprint density at radius 3 is 2.28 bits per heavy atom. The molecule has 6 nitrogen and oxygen atoms in total. The zero-order valence-corrected chi connectivity index (χ0v) is 19.5. The molecule has 0 aliphatic heterocycles. The van der Waals surface area contributed by atoms with Gasteiger partial charge < -0.3 is 0 Å². The van der Waals surface area contributed by atoms with Crippen molar-refractivity contribution in [1.29, 1.82) is 0 Å². The van der Waals surface area contributed by atoms with Crippen LogP contribution in [0.4, 0.5) is 13.9 Å². The summed E-state index contributed by atoms with van der Waals surface area (Å²) in [7, 11) is -3.68. The van der Waals surface area contributed by atoms with E-state index >= 15 is 0 Å². The van der Waals surface area contributed by atoms with Crippen LogP contribution in [0.1, 0.15) is 49.9 Å². The predicted molar refractivity (Wildman–Crippen MR) is 123 cm³/mol. The third-order valence-electron chi connectivity index (χ3n) is 4.93. The molecule has 0 saturated heterocycles. The van der Waals surface area contributed by atoms with Crippen LogP contribution in [0.2, 0.25) is 0 Å². The van der Waals surface area contributed by atoms with Crippen molar-refractivity contribution in [1.82, 2.24) is 9.29 Å². The lowest BCUT2D eigenvalue weighted by Crippen LogP contribution is -2.33. The number of sulfonamides is 1. The third-order valence-corrected chi connectivity index (χ3v) is 7.76. The van der Waals surface area contributed by atoms with Gasteiger partial charge in [0.25, 0.3) is 5.91 Å². The van der Waals surface area contributed by atoms with Gasteiger partial charge in [0.15, 0.2) is 5.13 Å². The zero-order valence-electron chi connectivity index (χ0n) is 17.9. The number of nitrogens with one attached hydrogen (secondary N) is 1. The lowest BCUT2D eigenvalue weighted by molar-refractivity contribution is 0.101. The maximum absolute atomic E-state index is 13.9. The first kappa shape index (κ1) is 24.2. The number of carbonyl (C=O) groups excluding carboxylic acids is 1. The van der Waals surface area contributed by atoms with Crippen LogP contribution in [0.25, 0.3) is 10.2 Å². The van der Waals surface area contributed by atoms with E-state index in [2.05, 4.69) is 10.3 Å². The van der Waals surface area contributed by atoms with Crippen molar-refractivity contribution in [2.45, 2.75) is 44.4 Å². The average Bonchev–Trinajstić information content (AvgIpc) is 3.14. The van der Waals surface area contributed by atoms with Crippen molar-refractivity contribution in [3.8, 4) is 0 Å².